The van der Waals surface area contributed by atoms with Crippen molar-refractivity contribution in [2.45, 2.75) is 80.7 Å². The summed E-state index contributed by atoms with van der Waals surface area (Å²) in [6, 6.07) is 16.4. The Morgan fingerprint density at radius 1 is 1.03 bits per heavy atom. The van der Waals surface area contributed by atoms with Gasteiger partial charge >= 0.3 is 0 Å². The van der Waals surface area contributed by atoms with Crippen molar-refractivity contribution in [2.75, 3.05) is 26.2 Å². The first-order valence-electron chi connectivity index (χ1n) is 12.8. The molecule has 0 spiro atoms. The molecule has 0 aliphatic carbocycles. The van der Waals surface area contributed by atoms with Crippen molar-refractivity contribution in [2.24, 2.45) is 0 Å². The highest BCUT2D eigenvalue weighted by atomic mass is 32.2. The first kappa shape index (κ1) is 26.6. The predicted molar refractivity (Wildman–Crippen MR) is 138 cm³/mol. The van der Waals surface area contributed by atoms with Crippen molar-refractivity contribution in [3.05, 3.63) is 60.2 Å². The van der Waals surface area contributed by atoms with Gasteiger partial charge in [0.2, 0.25) is 9.84 Å². The Labute approximate surface area is 206 Å². The average molecular weight is 485 g/mol. The summed E-state index contributed by atoms with van der Waals surface area (Å²) in [6.45, 7) is 8.27. The van der Waals surface area contributed by atoms with Crippen LogP contribution < -0.4 is 0 Å². The first-order chi connectivity index (χ1) is 16.5. The fourth-order valence-corrected chi connectivity index (χ4v) is 6.58. The first-order valence-corrected chi connectivity index (χ1v) is 14.3. The summed E-state index contributed by atoms with van der Waals surface area (Å²) in [7, 11) is -3.54. The Morgan fingerprint density at radius 2 is 1.76 bits per heavy atom. The zero-order valence-electron chi connectivity index (χ0n) is 20.7. The van der Waals surface area contributed by atoms with E-state index < -0.39 is 9.84 Å². The molecule has 0 radical (unpaired) electrons. The summed E-state index contributed by atoms with van der Waals surface area (Å²) >= 11 is 0. The lowest BCUT2D eigenvalue weighted by Crippen LogP contribution is -2.38. The number of benzene rings is 2. The molecular weight excluding hydrogens is 444 g/mol. The van der Waals surface area contributed by atoms with E-state index >= 15 is 0 Å². The van der Waals surface area contributed by atoms with Crippen molar-refractivity contribution in [1.29, 1.82) is 0 Å². The third kappa shape index (κ3) is 7.00. The van der Waals surface area contributed by atoms with Crippen LogP contribution in [0, 0.1) is 0 Å². The van der Waals surface area contributed by atoms with Gasteiger partial charge in [0.15, 0.2) is 0 Å². The fraction of sp³-hybridized carbons (Fsp3) is 0.536. The molecule has 34 heavy (non-hydrogen) atoms. The maximum atomic E-state index is 13.3. The molecule has 2 atom stereocenters. The Bertz CT molecular complexity index is 994. The van der Waals surface area contributed by atoms with Gasteiger partial charge in [-0.1, -0.05) is 56.2 Å². The van der Waals surface area contributed by atoms with Gasteiger partial charge in [-0.15, -0.1) is 0 Å². The zero-order valence-corrected chi connectivity index (χ0v) is 21.6. The maximum absolute atomic E-state index is 13.3. The number of hydrogen-bond donors (Lipinski definition) is 0. The molecule has 5 nitrogen and oxygen atoms in total. The topological polar surface area (TPSA) is 57.7 Å². The second-order valence-electron chi connectivity index (χ2n) is 9.40. The monoisotopic (exact) mass is 484 g/mol. The molecule has 1 aliphatic heterocycles. The lowest BCUT2D eigenvalue weighted by Gasteiger charge is -2.29. The van der Waals surface area contributed by atoms with E-state index in [4.69, 9.17) is 0 Å². The van der Waals surface area contributed by atoms with Crippen molar-refractivity contribution in [3.8, 4) is 0 Å². The number of aldehydes is 1. The van der Waals surface area contributed by atoms with Crippen molar-refractivity contribution < 1.29 is 13.2 Å². The Morgan fingerprint density at radius 3 is 2.50 bits per heavy atom. The van der Waals surface area contributed by atoms with Gasteiger partial charge in [-0.25, -0.2) is 8.42 Å². The van der Waals surface area contributed by atoms with Gasteiger partial charge in [0.1, 0.15) is 6.29 Å². The van der Waals surface area contributed by atoms with Gasteiger partial charge in [0.25, 0.3) is 0 Å². The van der Waals surface area contributed by atoms with E-state index in [9.17, 15) is 13.2 Å². The van der Waals surface area contributed by atoms with Gasteiger partial charge in [-0.2, -0.15) is 0 Å². The number of carbonyl (C=O) groups excluding carboxylic acids is 1. The van der Waals surface area contributed by atoms with E-state index in [0.29, 0.717) is 16.2 Å². The number of likely N-dealkylation sites (tertiary alicyclic amines) is 1. The standard InChI is InChI=1S/C28H40N2O3S/c1-3-29(19-12-13-21-30-20-11-5-6-15-26(30)23-31)24(2)22-25-14-9-10-18-28(25)34(32,33)27-16-7-4-8-17-27/h4,7-10,14,16-18,23-24,26H,3,5-6,11-13,15,19-22H2,1-2H3. The quantitative estimate of drug-likeness (QED) is 0.314. The molecule has 6 heteroatoms. The zero-order chi connectivity index (χ0) is 24.4. The molecule has 0 aromatic heterocycles. The van der Waals surface area contributed by atoms with Crippen LogP contribution in [0.1, 0.15) is 57.9 Å². The number of nitrogens with zero attached hydrogens (tertiary/aromatic N) is 2. The fourth-order valence-electron chi connectivity index (χ4n) is 5.05. The SMILES string of the molecule is CCN(CCCCN1CCCCCC1C=O)C(C)Cc1ccccc1S(=O)(=O)c1ccccc1. The van der Waals surface area contributed by atoms with E-state index in [0.717, 1.165) is 63.7 Å². The lowest BCUT2D eigenvalue weighted by atomic mass is 10.1. The van der Waals surface area contributed by atoms with Crippen LogP contribution in [-0.2, 0) is 21.1 Å². The van der Waals surface area contributed by atoms with Crippen LogP contribution in [0.15, 0.2) is 64.4 Å². The molecule has 2 aromatic rings. The van der Waals surface area contributed by atoms with Crippen LogP contribution in [0.5, 0.6) is 0 Å². The van der Waals surface area contributed by atoms with Gasteiger partial charge < -0.3 is 9.69 Å². The van der Waals surface area contributed by atoms with Crippen LogP contribution in [-0.4, -0.2) is 62.8 Å². The molecule has 2 unspecified atom stereocenters. The van der Waals surface area contributed by atoms with Gasteiger partial charge in [-0.3, -0.25) is 4.90 Å². The summed E-state index contributed by atoms with van der Waals surface area (Å²) in [5.41, 5.74) is 0.871. The van der Waals surface area contributed by atoms with E-state index in [1.165, 1.54) is 12.8 Å². The molecule has 1 fully saturated rings. The Kier molecular flexibility index (Phi) is 10.3. The predicted octanol–water partition coefficient (Wildman–Crippen LogP) is 5.00. The third-order valence-corrected chi connectivity index (χ3v) is 8.94. The van der Waals surface area contributed by atoms with Crippen LogP contribution >= 0.6 is 0 Å². The molecule has 1 heterocycles. The Balaban J connectivity index is 1.59. The van der Waals surface area contributed by atoms with Crippen molar-refractivity contribution >= 4 is 16.1 Å². The highest BCUT2D eigenvalue weighted by Gasteiger charge is 2.23. The second kappa shape index (κ2) is 13.2. The van der Waals surface area contributed by atoms with Crippen LogP contribution in [0.25, 0.3) is 0 Å². The van der Waals surface area contributed by atoms with Crippen LogP contribution in [0.3, 0.4) is 0 Å². The van der Waals surface area contributed by atoms with Gasteiger partial charge in [-0.05, 0) is 89.0 Å². The minimum absolute atomic E-state index is 0.0896. The summed E-state index contributed by atoms with van der Waals surface area (Å²) in [4.78, 5) is 17.0. The molecule has 0 saturated carbocycles. The van der Waals surface area contributed by atoms with E-state index in [2.05, 4.69) is 23.6 Å². The highest BCUT2D eigenvalue weighted by molar-refractivity contribution is 7.91. The minimum Gasteiger partial charge on any atom is -0.302 e. The number of unbranched alkanes of at least 4 members (excludes halogenated alkanes) is 1. The third-order valence-electron chi connectivity index (χ3n) is 7.07. The molecule has 0 N–H and O–H groups in total. The average Bonchev–Trinajstić information content (AvgIpc) is 3.09. The van der Waals surface area contributed by atoms with Crippen LogP contribution in [0.4, 0.5) is 0 Å². The van der Waals surface area contributed by atoms with Crippen molar-refractivity contribution in [3.63, 3.8) is 0 Å². The lowest BCUT2D eigenvalue weighted by molar-refractivity contribution is -0.112. The molecule has 2 aromatic carbocycles. The molecule has 1 aliphatic rings. The molecular formula is C28H40N2O3S. The summed E-state index contributed by atoms with van der Waals surface area (Å²) in [6.07, 6.45) is 8.53. The molecule has 3 rings (SSSR count). The van der Waals surface area contributed by atoms with Gasteiger partial charge in [0, 0.05) is 6.04 Å². The summed E-state index contributed by atoms with van der Waals surface area (Å²) in [5, 5.41) is 0. The molecule has 0 bridgehead atoms. The number of rotatable bonds is 12. The van der Waals surface area contributed by atoms with Crippen molar-refractivity contribution in [1.82, 2.24) is 9.80 Å². The number of carbonyl (C=O) groups is 1. The van der Waals surface area contributed by atoms with Crippen LogP contribution in [0.2, 0.25) is 0 Å². The maximum Gasteiger partial charge on any atom is 0.206 e. The second-order valence-corrected chi connectivity index (χ2v) is 11.3. The highest BCUT2D eigenvalue weighted by Crippen LogP contribution is 2.25. The molecule has 186 valence electrons. The number of sulfone groups is 1. The smallest absolute Gasteiger partial charge is 0.206 e. The number of likely N-dealkylation sites (N-methyl/N-ethyl adjacent to an activating group) is 1. The van der Waals surface area contributed by atoms with E-state index in [1.807, 2.05) is 18.2 Å². The van der Waals surface area contributed by atoms with E-state index in [1.54, 1.807) is 36.4 Å². The number of hydrogen-bond acceptors (Lipinski definition) is 5. The normalized spacial score (nSPS) is 18.5. The van der Waals surface area contributed by atoms with E-state index in [-0.39, 0.29) is 12.1 Å². The molecule has 0 amide bonds. The van der Waals surface area contributed by atoms with Gasteiger partial charge in [0.05, 0.1) is 15.8 Å². The largest absolute Gasteiger partial charge is 0.302 e. The molecule has 1 saturated heterocycles. The Hall–Kier alpha value is -2.02. The summed E-state index contributed by atoms with van der Waals surface area (Å²) in [5.74, 6) is 0. The summed E-state index contributed by atoms with van der Waals surface area (Å²) < 4.78 is 26.5. The minimum atomic E-state index is -3.54.